The number of aromatic nitrogens is 2. The summed E-state index contributed by atoms with van der Waals surface area (Å²) in [5, 5.41) is 5.13. The number of halogens is 2. The molecule has 1 unspecified atom stereocenters. The number of amides is 1. The van der Waals surface area contributed by atoms with Gasteiger partial charge in [-0.05, 0) is 18.6 Å². The molecule has 1 aromatic heterocycles. The van der Waals surface area contributed by atoms with Crippen LogP contribution in [0.3, 0.4) is 0 Å². The first-order valence-corrected chi connectivity index (χ1v) is 9.80. The van der Waals surface area contributed by atoms with Crippen molar-refractivity contribution in [1.82, 2.24) is 9.97 Å². The second-order valence-electron chi connectivity index (χ2n) is 5.95. The van der Waals surface area contributed by atoms with Crippen LogP contribution in [0.1, 0.15) is 25.0 Å². The van der Waals surface area contributed by atoms with E-state index in [0.29, 0.717) is 17.8 Å². The van der Waals surface area contributed by atoms with Gasteiger partial charge in [0.1, 0.15) is 17.8 Å². The Labute approximate surface area is 154 Å². The average Bonchev–Trinajstić information content (AvgIpc) is 3.05. The van der Waals surface area contributed by atoms with Crippen molar-refractivity contribution in [2.24, 2.45) is 0 Å². The van der Waals surface area contributed by atoms with Gasteiger partial charge in [-0.1, -0.05) is 6.92 Å². The number of carbonyl (C=O) groups is 1. The lowest BCUT2D eigenvalue weighted by molar-refractivity contribution is -0.117. The molecule has 1 aromatic carbocycles. The molecule has 1 aliphatic heterocycles. The molecule has 1 amide bonds. The summed E-state index contributed by atoms with van der Waals surface area (Å²) in [7, 11) is -3.77. The number of nitrogens with one attached hydrogen (secondary N) is 3. The SMILES string of the molecule is CCCS(=O)(=O)Nc1ccc(F)c(NC(=O)C2CNc3cncnc32)c1F. The van der Waals surface area contributed by atoms with Crippen molar-refractivity contribution in [3.8, 4) is 0 Å². The lowest BCUT2D eigenvalue weighted by Crippen LogP contribution is -2.25. The highest BCUT2D eigenvalue weighted by atomic mass is 32.2. The van der Waals surface area contributed by atoms with Gasteiger partial charge in [0.15, 0.2) is 5.82 Å². The Morgan fingerprint density at radius 3 is 2.89 bits per heavy atom. The fourth-order valence-corrected chi connectivity index (χ4v) is 3.85. The van der Waals surface area contributed by atoms with Gasteiger partial charge in [0.25, 0.3) is 0 Å². The van der Waals surface area contributed by atoms with E-state index in [1.807, 2.05) is 0 Å². The number of rotatable bonds is 6. The summed E-state index contributed by atoms with van der Waals surface area (Å²) in [5.74, 6) is -3.87. The predicted octanol–water partition coefficient (Wildman–Crippen LogP) is 2.05. The van der Waals surface area contributed by atoms with Crippen LogP contribution in [-0.4, -0.2) is 36.6 Å². The number of carbonyl (C=O) groups excluding carboxylic acids is 1. The Morgan fingerprint density at radius 2 is 2.15 bits per heavy atom. The van der Waals surface area contributed by atoms with Crippen molar-refractivity contribution in [3.05, 3.63) is 42.0 Å². The van der Waals surface area contributed by atoms with E-state index in [1.54, 1.807) is 6.92 Å². The van der Waals surface area contributed by atoms with Gasteiger partial charge in [0, 0.05) is 6.54 Å². The highest BCUT2D eigenvalue weighted by Crippen LogP contribution is 2.31. The van der Waals surface area contributed by atoms with Crippen LogP contribution in [0.2, 0.25) is 0 Å². The van der Waals surface area contributed by atoms with E-state index in [9.17, 15) is 22.0 Å². The molecular formula is C16H17F2N5O3S. The summed E-state index contributed by atoms with van der Waals surface area (Å²) >= 11 is 0. The van der Waals surface area contributed by atoms with E-state index in [2.05, 4.69) is 25.3 Å². The normalized spacial score (nSPS) is 15.7. The zero-order chi connectivity index (χ0) is 19.6. The molecule has 2 aromatic rings. The molecule has 0 saturated carbocycles. The Bertz CT molecular complexity index is 984. The standard InChI is InChI=1S/C16H17F2N5O3S/c1-2-5-27(25,26)23-11-4-3-10(17)15(13(11)18)22-16(24)9-6-20-12-7-19-8-21-14(9)12/h3-4,7-9,20,23H,2,5-6H2,1H3,(H,22,24). The number of nitrogens with zero attached hydrogens (tertiary/aromatic N) is 2. The average molecular weight is 397 g/mol. The fraction of sp³-hybridized carbons (Fsp3) is 0.312. The van der Waals surface area contributed by atoms with Crippen LogP contribution in [0.25, 0.3) is 0 Å². The van der Waals surface area contributed by atoms with Crippen molar-refractivity contribution >= 4 is 33.0 Å². The van der Waals surface area contributed by atoms with Crippen LogP contribution < -0.4 is 15.4 Å². The maximum atomic E-state index is 14.6. The van der Waals surface area contributed by atoms with Crippen LogP contribution >= 0.6 is 0 Å². The predicted molar refractivity (Wildman–Crippen MR) is 96.0 cm³/mol. The molecule has 1 aliphatic rings. The van der Waals surface area contributed by atoms with Crippen molar-refractivity contribution in [3.63, 3.8) is 0 Å². The molecule has 0 aliphatic carbocycles. The Kier molecular flexibility index (Phi) is 5.22. The number of benzene rings is 1. The van der Waals surface area contributed by atoms with Crippen LogP contribution in [0, 0.1) is 11.6 Å². The summed E-state index contributed by atoms with van der Waals surface area (Å²) < 4.78 is 54.4. The third kappa shape index (κ3) is 3.97. The Hall–Kier alpha value is -2.82. The molecule has 0 bridgehead atoms. The van der Waals surface area contributed by atoms with E-state index in [0.717, 1.165) is 12.1 Å². The van der Waals surface area contributed by atoms with Gasteiger partial charge in [0.05, 0.1) is 34.9 Å². The van der Waals surface area contributed by atoms with E-state index in [1.165, 1.54) is 12.5 Å². The second-order valence-corrected chi connectivity index (χ2v) is 7.79. The Morgan fingerprint density at radius 1 is 1.37 bits per heavy atom. The lowest BCUT2D eigenvalue weighted by Gasteiger charge is -2.14. The van der Waals surface area contributed by atoms with Crippen LogP contribution in [0.4, 0.5) is 25.8 Å². The minimum Gasteiger partial charge on any atom is -0.381 e. The van der Waals surface area contributed by atoms with E-state index >= 15 is 0 Å². The minimum atomic E-state index is -3.77. The van der Waals surface area contributed by atoms with Crippen LogP contribution in [0.5, 0.6) is 0 Å². The number of anilines is 3. The molecule has 8 nitrogen and oxygen atoms in total. The molecule has 0 spiro atoms. The van der Waals surface area contributed by atoms with Crippen LogP contribution in [0.15, 0.2) is 24.7 Å². The monoisotopic (exact) mass is 397 g/mol. The number of hydrogen-bond donors (Lipinski definition) is 3. The summed E-state index contributed by atoms with van der Waals surface area (Å²) in [5.41, 5.74) is -0.172. The van der Waals surface area contributed by atoms with Gasteiger partial charge in [0.2, 0.25) is 15.9 Å². The molecule has 27 heavy (non-hydrogen) atoms. The van der Waals surface area contributed by atoms with E-state index < -0.39 is 44.9 Å². The molecule has 0 fully saturated rings. The molecule has 144 valence electrons. The van der Waals surface area contributed by atoms with E-state index in [-0.39, 0.29) is 12.3 Å². The molecule has 0 radical (unpaired) electrons. The zero-order valence-electron chi connectivity index (χ0n) is 14.3. The third-order valence-corrected chi connectivity index (χ3v) is 5.44. The summed E-state index contributed by atoms with van der Waals surface area (Å²) in [6.07, 6.45) is 3.11. The molecule has 0 saturated heterocycles. The largest absolute Gasteiger partial charge is 0.381 e. The van der Waals surface area contributed by atoms with Gasteiger partial charge in [-0.25, -0.2) is 27.2 Å². The number of sulfonamides is 1. The summed E-state index contributed by atoms with van der Waals surface area (Å²) in [4.78, 5) is 20.4. The Balaban J connectivity index is 1.85. The molecule has 2 heterocycles. The van der Waals surface area contributed by atoms with Crippen molar-refractivity contribution in [2.45, 2.75) is 19.3 Å². The molecule has 1 atom stereocenters. The number of fused-ring (bicyclic) bond motifs is 1. The summed E-state index contributed by atoms with van der Waals surface area (Å²) in [6.45, 7) is 1.86. The molecule has 11 heteroatoms. The lowest BCUT2D eigenvalue weighted by atomic mass is 10.1. The maximum Gasteiger partial charge on any atom is 0.235 e. The van der Waals surface area contributed by atoms with Crippen molar-refractivity contribution < 1.29 is 22.0 Å². The highest BCUT2D eigenvalue weighted by molar-refractivity contribution is 7.92. The maximum absolute atomic E-state index is 14.6. The first-order chi connectivity index (χ1) is 12.8. The molecule has 3 N–H and O–H groups in total. The van der Waals surface area contributed by atoms with Gasteiger partial charge in [-0.2, -0.15) is 0 Å². The quantitative estimate of drug-likeness (QED) is 0.688. The topological polar surface area (TPSA) is 113 Å². The van der Waals surface area contributed by atoms with Gasteiger partial charge < -0.3 is 10.6 Å². The highest BCUT2D eigenvalue weighted by Gasteiger charge is 2.31. The first kappa shape index (κ1) is 19.0. The first-order valence-electron chi connectivity index (χ1n) is 8.15. The number of hydrogen-bond acceptors (Lipinski definition) is 6. The smallest absolute Gasteiger partial charge is 0.235 e. The zero-order valence-corrected chi connectivity index (χ0v) is 15.1. The molecular weight excluding hydrogens is 380 g/mol. The van der Waals surface area contributed by atoms with E-state index in [4.69, 9.17) is 0 Å². The third-order valence-electron chi connectivity index (χ3n) is 3.96. The van der Waals surface area contributed by atoms with Crippen LogP contribution in [-0.2, 0) is 14.8 Å². The van der Waals surface area contributed by atoms with Crippen molar-refractivity contribution in [1.29, 1.82) is 0 Å². The summed E-state index contributed by atoms with van der Waals surface area (Å²) in [6, 6.07) is 1.85. The van der Waals surface area contributed by atoms with Crippen molar-refractivity contribution in [2.75, 3.05) is 27.7 Å². The van der Waals surface area contributed by atoms with Gasteiger partial charge in [-0.3, -0.25) is 9.52 Å². The van der Waals surface area contributed by atoms with Gasteiger partial charge in [-0.15, -0.1) is 0 Å². The molecule has 3 rings (SSSR count). The fourth-order valence-electron chi connectivity index (χ4n) is 2.72. The second kappa shape index (κ2) is 7.43. The minimum absolute atomic E-state index is 0.200. The van der Waals surface area contributed by atoms with Gasteiger partial charge >= 0.3 is 0 Å².